The lowest BCUT2D eigenvalue weighted by Crippen LogP contribution is -2.00. The van der Waals surface area contributed by atoms with E-state index in [2.05, 4.69) is 10.3 Å². The van der Waals surface area contributed by atoms with Crippen LogP contribution in [0.25, 0.3) is 10.8 Å². The number of hydrogen-bond donors (Lipinski definition) is 1. The van der Waals surface area contributed by atoms with Crippen LogP contribution >= 0.6 is 0 Å². The number of benzene rings is 1. The number of nitrogens with one attached hydrogen (secondary N) is 1. The van der Waals surface area contributed by atoms with Crippen molar-refractivity contribution in [2.45, 2.75) is 6.54 Å². The number of anilines is 1. The molecule has 68 valence electrons. The Morgan fingerprint density at radius 2 is 2.21 bits per heavy atom. The van der Waals surface area contributed by atoms with Crippen molar-refractivity contribution in [1.29, 1.82) is 0 Å². The summed E-state index contributed by atoms with van der Waals surface area (Å²) in [6.45, 7) is 0.783. The minimum absolute atomic E-state index is 0.156. The predicted octanol–water partition coefficient (Wildman–Crippen LogP) is 1.52. The zero-order valence-corrected chi connectivity index (χ0v) is 7.45. The summed E-state index contributed by atoms with van der Waals surface area (Å²) in [6.07, 6.45) is 1.58. The first kappa shape index (κ1) is 7.50. The zero-order valence-electron chi connectivity index (χ0n) is 7.45. The molecule has 0 fully saturated rings. The maximum absolute atomic E-state index is 11.6. The van der Waals surface area contributed by atoms with E-state index in [1.165, 1.54) is 0 Å². The van der Waals surface area contributed by atoms with Crippen molar-refractivity contribution < 1.29 is 0 Å². The van der Waals surface area contributed by atoms with Crippen molar-refractivity contribution in [3.05, 3.63) is 46.4 Å². The highest BCUT2D eigenvalue weighted by atomic mass is 16.1. The third-order valence-corrected chi connectivity index (χ3v) is 2.55. The smallest absolute Gasteiger partial charge is 0.277 e. The van der Waals surface area contributed by atoms with Gasteiger partial charge in [0.05, 0.1) is 5.39 Å². The number of rotatable bonds is 0. The second kappa shape index (κ2) is 2.54. The molecule has 0 bridgehead atoms. The van der Waals surface area contributed by atoms with Crippen molar-refractivity contribution in [1.82, 2.24) is 4.98 Å². The number of nitrogens with zero attached hydrogens (tertiary/aromatic N) is 1. The summed E-state index contributed by atoms with van der Waals surface area (Å²) in [5, 5.41) is 4.97. The van der Waals surface area contributed by atoms with E-state index in [0.717, 1.165) is 23.2 Å². The fourth-order valence-electron chi connectivity index (χ4n) is 1.91. The summed E-state index contributed by atoms with van der Waals surface area (Å²) in [5.74, 6) is 0. The van der Waals surface area contributed by atoms with Gasteiger partial charge in [-0.05, 0) is 23.8 Å². The molecule has 0 saturated carbocycles. The molecular formula is C11H8N2O. The van der Waals surface area contributed by atoms with Crippen LogP contribution in [-0.2, 0) is 6.54 Å². The summed E-state index contributed by atoms with van der Waals surface area (Å²) in [6, 6.07) is 7.58. The first-order valence-corrected chi connectivity index (χ1v) is 4.51. The van der Waals surface area contributed by atoms with Crippen molar-refractivity contribution in [2.24, 2.45) is 0 Å². The maximum Gasteiger partial charge on any atom is 0.277 e. The Labute approximate surface area is 80.4 Å². The van der Waals surface area contributed by atoms with Gasteiger partial charge in [-0.1, -0.05) is 6.07 Å². The summed E-state index contributed by atoms with van der Waals surface area (Å²) in [5.41, 5.74) is 2.02. The molecule has 0 saturated heterocycles. The topological polar surface area (TPSA) is 42.0 Å². The van der Waals surface area contributed by atoms with Crippen molar-refractivity contribution in [2.75, 3.05) is 5.32 Å². The molecule has 2 heterocycles. The highest BCUT2D eigenvalue weighted by Gasteiger charge is 2.13. The molecule has 2 aromatic rings. The minimum Gasteiger partial charge on any atom is -0.380 e. The highest BCUT2D eigenvalue weighted by Crippen LogP contribution is 2.29. The van der Waals surface area contributed by atoms with Crippen LogP contribution in [0.5, 0.6) is 0 Å². The molecule has 1 N–H and O–H groups in total. The van der Waals surface area contributed by atoms with E-state index in [4.69, 9.17) is 0 Å². The number of hydrogen-bond acceptors (Lipinski definition) is 3. The molecule has 14 heavy (non-hydrogen) atoms. The Morgan fingerprint density at radius 3 is 3.14 bits per heavy atom. The molecule has 0 amide bonds. The molecule has 1 aliphatic rings. The lowest BCUT2D eigenvalue weighted by atomic mass is 10.1. The molecule has 0 unspecified atom stereocenters. The molecule has 3 heteroatoms. The quantitative estimate of drug-likeness (QED) is 0.675. The SMILES string of the molecule is O=c1nccc2c3c(cccc13)NC2. The van der Waals surface area contributed by atoms with Gasteiger partial charge in [0.25, 0.3) is 5.56 Å². The highest BCUT2D eigenvalue weighted by molar-refractivity contribution is 5.98. The van der Waals surface area contributed by atoms with Gasteiger partial charge < -0.3 is 5.32 Å². The van der Waals surface area contributed by atoms with Crippen molar-refractivity contribution in [3.63, 3.8) is 0 Å². The number of aromatic nitrogens is 1. The lowest BCUT2D eigenvalue weighted by Gasteiger charge is -1.95. The molecule has 3 nitrogen and oxygen atoms in total. The second-order valence-electron chi connectivity index (χ2n) is 3.36. The average molecular weight is 184 g/mol. The van der Waals surface area contributed by atoms with E-state index in [1.54, 1.807) is 6.20 Å². The predicted molar refractivity (Wildman–Crippen MR) is 55.3 cm³/mol. The van der Waals surface area contributed by atoms with Gasteiger partial charge in [0.15, 0.2) is 0 Å². The van der Waals surface area contributed by atoms with Gasteiger partial charge in [0.2, 0.25) is 0 Å². The normalized spacial score (nSPS) is 12.9. The van der Waals surface area contributed by atoms with E-state index in [0.29, 0.717) is 5.39 Å². The first-order valence-electron chi connectivity index (χ1n) is 4.51. The van der Waals surface area contributed by atoms with Crippen molar-refractivity contribution in [3.8, 4) is 0 Å². The first-order chi connectivity index (χ1) is 6.86. The van der Waals surface area contributed by atoms with Crippen LogP contribution in [-0.4, -0.2) is 4.98 Å². The third-order valence-electron chi connectivity index (χ3n) is 2.55. The van der Waals surface area contributed by atoms with Gasteiger partial charge in [-0.3, -0.25) is 4.79 Å². The van der Waals surface area contributed by atoms with Crippen LogP contribution in [0, 0.1) is 0 Å². The molecule has 1 aliphatic heterocycles. The Balaban J connectivity index is 2.68. The molecule has 0 radical (unpaired) electrons. The summed E-state index contributed by atoms with van der Waals surface area (Å²) in [4.78, 5) is 15.4. The Hall–Kier alpha value is -1.90. The lowest BCUT2D eigenvalue weighted by molar-refractivity contribution is 1.21. The van der Waals surface area contributed by atoms with E-state index in [9.17, 15) is 4.79 Å². The van der Waals surface area contributed by atoms with Gasteiger partial charge in [-0.2, -0.15) is 0 Å². The molecule has 3 rings (SSSR count). The standard InChI is InChI=1S/C11H8N2O/c14-11-8-2-1-3-9-10(8)7(6-13-9)4-5-12-11/h1-5,13H,6H2. The van der Waals surface area contributed by atoms with E-state index >= 15 is 0 Å². The van der Waals surface area contributed by atoms with Gasteiger partial charge in [-0.15, -0.1) is 0 Å². The zero-order chi connectivity index (χ0) is 9.54. The molecular weight excluding hydrogens is 176 g/mol. The van der Waals surface area contributed by atoms with E-state index in [-0.39, 0.29) is 5.56 Å². The maximum atomic E-state index is 11.6. The monoisotopic (exact) mass is 184 g/mol. The third kappa shape index (κ3) is 0.865. The Kier molecular flexibility index (Phi) is 1.36. The van der Waals surface area contributed by atoms with Gasteiger partial charge in [0, 0.05) is 23.8 Å². The van der Waals surface area contributed by atoms with Crippen LogP contribution in [0.1, 0.15) is 5.56 Å². The summed E-state index contributed by atoms with van der Waals surface area (Å²) in [7, 11) is 0. The molecule has 1 aromatic heterocycles. The van der Waals surface area contributed by atoms with Gasteiger partial charge in [-0.25, -0.2) is 4.98 Å². The molecule has 0 atom stereocenters. The molecule has 1 aromatic carbocycles. The fraction of sp³-hybridized carbons (Fsp3) is 0.0909. The van der Waals surface area contributed by atoms with E-state index in [1.807, 2.05) is 24.3 Å². The summed E-state index contributed by atoms with van der Waals surface area (Å²) >= 11 is 0. The van der Waals surface area contributed by atoms with Crippen LogP contribution in [0.3, 0.4) is 0 Å². The second-order valence-corrected chi connectivity index (χ2v) is 3.36. The van der Waals surface area contributed by atoms with Gasteiger partial charge >= 0.3 is 0 Å². The van der Waals surface area contributed by atoms with Crippen molar-refractivity contribution >= 4 is 16.5 Å². The van der Waals surface area contributed by atoms with Crippen LogP contribution in [0.4, 0.5) is 5.69 Å². The van der Waals surface area contributed by atoms with Crippen LogP contribution in [0.2, 0.25) is 0 Å². The molecule has 0 aliphatic carbocycles. The Morgan fingerprint density at radius 1 is 1.29 bits per heavy atom. The summed E-state index contributed by atoms with van der Waals surface area (Å²) < 4.78 is 0. The van der Waals surface area contributed by atoms with Crippen LogP contribution < -0.4 is 10.9 Å². The minimum atomic E-state index is -0.156. The Bertz CT molecular complexity index is 578. The van der Waals surface area contributed by atoms with Gasteiger partial charge in [0.1, 0.15) is 0 Å². The molecule has 0 spiro atoms. The van der Waals surface area contributed by atoms with E-state index < -0.39 is 0 Å². The largest absolute Gasteiger partial charge is 0.380 e. The van der Waals surface area contributed by atoms with Crippen LogP contribution in [0.15, 0.2) is 35.3 Å². The fourth-order valence-corrected chi connectivity index (χ4v) is 1.91. The average Bonchev–Trinajstić information content (AvgIpc) is 2.53.